The van der Waals surface area contributed by atoms with Gasteiger partial charge in [0, 0.05) is 12.4 Å². The monoisotopic (exact) mass is 241 g/mol. The van der Waals surface area contributed by atoms with Crippen LogP contribution in [0.3, 0.4) is 0 Å². The minimum absolute atomic E-state index is 0.716. The van der Waals surface area contributed by atoms with E-state index >= 15 is 0 Å². The summed E-state index contributed by atoms with van der Waals surface area (Å²) in [7, 11) is 1.71. The lowest BCUT2D eigenvalue weighted by Crippen LogP contribution is -2.16. The number of methoxy groups -OCH3 is 1. The smallest absolute Gasteiger partial charge is 0.122 e. The number of hydrogen-bond donors (Lipinski definition) is 1. The van der Waals surface area contributed by atoms with Crippen LogP contribution in [0, 0.1) is 13.8 Å². The second kappa shape index (κ2) is 6.77. The highest BCUT2D eigenvalue weighted by Crippen LogP contribution is 2.22. The second-order valence-electron chi connectivity index (χ2n) is 3.97. The molecule has 0 aliphatic rings. The van der Waals surface area contributed by atoms with Crippen molar-refractivity contribution in [3.8, 4) is 5.75 Å². The van der Waals surface area contributed by atoms with Gasteiger partial charge in [-0.05, 0) is 49.6 Å². The minimum Gasteiger partial charge on any atom is -0.496 e. The van der Waals surface area contributed by atoms with Gasteiger partial charge in [-0.1, -0.05) is 6.07 Å². The Morgan fingerprint density at radius 1 is 1.25 bits per heavy atom. The van der Waals surface area contributed by atoms with E-state index in [4.69, 9.17) is 16.3 Å². The highest BCUT2D eigenvalue weighted by molar-refractivity contribution is 6.17. The van der Waals surface area contributed by atoms with Crippen LogP contribution in [-0.4, -0.2) is 19.5 Å². The molecular weight excluding hydrogens is 222 g/mol. The number of nitrogens with one attached hydrogen (secondary N) is 1. The molecule has 1 aromatic carbocycles. The molecule has 0 amide bonds. The molecule has 0 bridgehead atoms. The molecule has 0 aromatic heterocycles. The fraction of sp³-hybridized carbons (Fsp3) is 0.538. The van der Waals surface area contributed by atoms with E-state index in [1.165, 1.54) is 16.7 Å². The maximum atomic E-state index is 5.62. The predicted octanol–water partition coefficient (Wildman–Crippen LogP) is 3.03. The van der Waals surface area contributed by atoms with E-state index < -0.39 is 0 Å². The van der Waals surface area contributed by atoms with Crippen molar-refractivity contribution in [1.82, 2.24) is 5.32 Å². The fourth-order valence-electron chi connectivity index (χ4n) is 1.67. The first-order chi connectivity index (χ1) is 7.69. The average Bonchev–Trinajstić information content (AvgIpc) is 2.28. The Hall–Kier alpha value is -0.730. The van der Waals surface area contributed by atoms with Gasteiger partial charge in [0.1, 0.15) is 5.75 Å². The minimum atomic E-state index is 0.716. The Kier molecular flexibility index (Phi) is 5.64. The molecule has 1 N–H and O–H groups in total. The van der Waals surface area contributed by atoms with Crippen molar-refractivity contribution in [2.45, 2.75) is 26.8 Å². The molecule has 16 heavy (non-hydrogen) atoms. The Labute approximate surface area is 103 Å². The Balaban J connectivity index is 2.63. The summed E-state index contributed by atoms with van der Waals surface area (Å²) in [5.74, 6) is 1.68. The summed E-state index contributed by atoms with van der Waals surface area (Å²) in [6.07, 6.45) is 1.01. The lowest BCUT2D eigenvalue weighted by Gasteiger charge is -2.11. The molecule has 0 radical (unpaired) electrons. The van der Waals surface area contributed by atoms with Crippen LogP contribution in [0.15, 0.2) is 12.1 Å². The van der Waals surface area contributed by atoms with Gasteiger partial charge in [0.2, 0.25) is 0 Å². The molecule has 0 aliphatic heterocycles. The van der Waals surface area contributed by atoms with Crippen molar-refractivity contribution in [1.29, 1.82) is 0 Å². The normalized spacial score (nSPS) is 10.5. The second-order valence-corrected chi connectivity index (χ2v) is 4.35. The summed E-state index contributed by atoms with van der Waals surface area (Å²) in [6.45, 7) is 6.04. The number of halogens is 1. The van der Waals surface area contributed by atoms with Crippen LogP contribution in [0.1, 0.15) is 23.1 Å². The number of aryl methyl sites for hydroxylation is 2. The van der Waals surface area contributed by atoms with Crippen LogP contribution in [0.2, 0.25) is 0 Å². The topological polar surface area (TPSA) is 21.3 Å². The molecule has 1 aromatic rings. The van der Waals surface area contributed by atoms with Gasteiger partial charge < -0.3 is 10.1 Å². The molecule has 0 fully saturated rings. The largest absolute Gasteiger partial charge is 0.496 e. The highest BCUT2D eigenvalue weighted by Gasteiger charge is 2.04. The third kappa shape index (κ3) is 3.69. The summed E-state index contributed by atoms with van der Waals surface area (Å²) in [6, 6.07) is 4.27. The Morgan fingerprint density at radius 3 is 2.62 bits per heavy atom. The van der Waals surface area contributed by atoms with Crippen LogP contribution in [-0.2, 0) is 6.54 Å². The number of ether oxygens (including phenoxy) is 1. The SMILES string of the molecule is COc1cc(C)c(CNCCCCl)cc1C. The summed E-state index contributed by atoms with van der Waals surface area (Å²) < 4.78 is 5.29. The van der Waals surface area contributed by atoms with Gasteiger partial charge in [-0.15, -0.1) is 11.6 Å². The zero-order chi connectivity index (χ0) is 12.0. The lowest BCUT2D eigenvalue weighted by atomic mass is 10.0. The third-order valence-corrected chi connectivity index (χ3v) is 2.92. The van der Waals surface area contributed by atoms with Crippen molar-refractivity contribution in [2.24, 2.45) is 0 Å². The molecule has 0 aliphatic carbocycles. The quantitative estimate of drug-likeness (QED) is 0.611. The standard InChI is InChI=1S/C13H20ClNO/c1-10-8-13(16-3)11(2)7-12(10)9-15-6-4-5-14/h7-8,15H,4-6,9H2,1-3H3. The van der Waals surface area contributed by atoms with E-state index in [9.17, 15) is 0 Å². The lowest BCUT2D eigenvalue weighted by molar-refractivity contribution is 0.411. The first kappa shape index (κ1) is 13.3. The first-order valence-corrected chi connectivity index (χ1v) is 6.13. The van der Waals surface area contributed by atoms with Crippen LogP contribution >= 0.6 is 11.6 Å². The van der Waals surface area contributed by atoms with E-state index in [1.54, 1.807) is 7.11 Å². The van der Waals surface area contributed by atoms with Crippen molar-refractivity contribution >= 4 is 11.6 Å². The van der Waals surface area contributed by atoms with Crippen LogP contribution in [0.25, 0.3) is 0 Å². The molecule has 0 unspecified atom stereocenters. The molecule has 0 saturated heterocycles. The van der Waals surface area contributed by atoms with Gasteiger partial charge in [0.25, 0.3) is 0 Å². The van der Waals surface area contributed by atoms with E-state index in [-0.39, 0.29) is 0 Å². The summed E-state index contributed by atoms with van der Waals surface area (Å²) in [4.78, 5) is 0. The maximum Gasteiger partial charge on any atom is 0.122 e. The van der Waals surface area contributed by atoms with Gasteiger partial charge in [-0.2, -0.15) is 0 Å². The molecule has 3 heteroatoms. The summed E-state index contributed by atoms with van der Waals surface area (Å²) in [5.41, 5.74) is 3.77. The van der Waals surface area contributed by atoms with Crippen molar-refractivity contribution in [3.05, 3.63) is 28.8 Å². The number of rotatable bonds is 6. The van der Waals surface area contributed by atoms with Gasteiger partial charge in [-0.25, -0.2) is 0 Å². The van der Waals surface area contributed by atoms with E-state index in [0.717, 1.165) is 25.3 Å². The number of alkyl halides is 1. The van der Waals surface area contributed by atoms with Crippen LogP contribution < -0.4 is 10.1 Å². The van der Waals surface area contributed by atoms with Gasteiger partial charge in [0.15, 0.2) is 0 Å². The zero-order valence-corrected chi connectivity index (χ0v) is 11.0. The molecule has 90 valence electrons. The van der Waals surface area contributed by atoms with E-state index in [0.29, 0.717) is 5.88 Å². The maximum absolute atomic E-state index is 5.62. The molecule has 1 rings (SSSR count). The zero-order valence-electron chi connectivity index (χ0n) is 10.3. The van der Waals surface area contributed by atoms with Gasteiger partial charge in [0.05, 0.1) is 7.11 Å². The summed E-state index contributed by atoms with van der Waals surface area (Å²) in [5, 5.41) is 3.38. The average molecular weight is 242 g/mol. The Morgan fingerprint density at radius 2 is 2.00 bits per heavy atom. The first-order valence-electron chi connectivity index (χ1n) is 5.59. The van der Waals surface area contributed by atoms with Crippen LogP contribution in [0.5, 0.6) is 5.75 Å². The third-order valence-electron chi connectivity index (χ3n) is 2.66. The van der Waals surface area contributed by atoms with E-state index in [2.05, 4.69) is 31.3 Å². The molecular formula is C13H20ClNO. The fourth-order valence-corrected chi connectivity index (χ4v) is 1.81. The Bertz CT molecular complexity index is 339. The number of hydrogen-bond acceptors (Lipinski definition) is 2. The molecule has 0 spiro atoms. The van der Waals surface area contributed by atoms with Crippen molar-refractivity contribution < 1.29 is 4.74 Å². The summed E-state index contributed by atoms with van der Waals surface area (Å²) >= 11 is 5.62. The highest BCUT2D eigenvalue weighted by atomic mass is 35.5. The van der Waals surface area contributed by atoms with E-state index in [1.807, 2.05) is 0 Å². The van der Waals surface area contributed by atoms with Crippen LogP contribution in [0.4, 0.5) is 0 Å². The van der Waals surface area contributed by atoms with Crippen molar-refractivity contribution in [3.63, 3.8) is 0 Å². The molecule has 2 nitrogen and oxygen atoms in total. The van der Waals surface area contributed by atoms with Crippen molar-refractivity contribution in [2.75, 3.05) is 19.5 Å². The predicted molar refractivity (Wildman–Crippen MR) is 69.5 cm³/mol. The van der Waals surface area contributed by atoms with Gasteiger partial charge >= 0.3 is 0 Å². The molecule has 0 atom stereocenters. The number of benzene rings is 1. The molecule has 0 heterocycles. The van der Waals surface area contributed by atoms with Gasteiger partial charge in [-0.3, -0.25) is 0 Å². The molecule has 0 saturated carbocycles.